The fourth-order valence-electron chi connectivity index (χ4n) is 2.33. The summed E-state index contributed by atoms with van der Waals surface area (Å²) in [4.78, 5) is 8.49. The largest absolute Gasteiger partial charge is 0.320 e. The molecule has 19 heavy (non-hydrogen) atoms. The highest BCUT2D eigenvalue weighted by molar-refractivity contribution is 5.85. The molecule has 1 unspecified atom stereocenters. The van der Waals surface area contributed by atoms with E-state index in [9.17, 15) is 0 Å². The molecule has 1 aromatic carbocycles. The van der Waals surface area contributed by atoms with Gasteiger partial charge in [-0.25, -0.2) is 0 Å². The second-order valence-electron chi connectivity index (χ2n) is 4.66. The molecule has 94 valence electrons. The molecule has 0 amide bonds. The number of hydrogen-bond acceptors (Lipinski definition) is 3. The zero-order valence-corrected chi connectivity index (χ0v) is 10.7. The quantitative estimate of drug-likeness (QED) is 0.759. The molecule has 0 aliphatic carbocycles. The van der Waals surface area contributed by atoms with Crippen LogP contribution >= 0.6 is 0 Å². The third-order valence-corrected chi connectivity index (χ3v) is 3.31. The molecule has 0 saturated carbocycles. The van der Waals surface area contributed by atoms with Crippen LogP contribution in [0.25, 0.3) is 10.8 Å². The molecule has 0 saturated heterocycles. The van der Waals surface area contributed by atoms with Crippen molar-refractivity contribution in [3.05, 3.63) is 71.8 Å². The van der Waals surface area contributed by atoms with Crippen molar-refractivity contribution in [1.29, 1.82) is 0 Å². The fraction of sp³-hybridized carbons (Fsp3) is 0.125. The van der Waals surface area contributed by atoms with Gasteiger partial charge < -0.3 is 5.73 Å². The number of nitrogens with zero attached hydrogens (tertiary/aromatic N) is 2. The van der Waals surface area contributed by atoms with Gasteiger partial charge in [-0.15, -0.1) is 0 Å². The summed E-state index contributed by atoms with van der Waals surface area (Å²) in [5.41, 5.74) is 9.46. The Morgan fingerprint density at radius 2 is 1.95 bits per heavy atom. The lowest BCUT2D eigenvalue weighted by molar-refractivity contribution is 0.866. The van der Waals surface area contributed by atoms with E-state index in [0.717, 1.165) is 27.6 Å². The fourth-order valence-corrected chi connectivity index (χ4v) is 2.33. The van der Waals surface area contributed by atoms with Crippen molar-refractivity contribution in [2.24, 2.45) is 5.73 Å². The van der Waals surface area contributed by atoms with E-state index in [1.807, 2.05) is 43.6 Å². The Morgan fingerprint density at radius 1 is 1.11 bits per heavy atom. The van der Waals surface area contributed by atoms with Gasteiger partial charge in [-0.05, 0) is 35.6 Å². The van der Waals surface area contributed by atoms with Gasteiger partial charge in [0.25, 0.3) is 0 Å². The second kappa shape index (κ2) is 4.78. The molecule has 0 spiro atoms. The van der Waals surface area contributed by atoms with Gasteiger partial charge in [-0.3, -0.25) is 9.97 Å². The van der Waals surface area contributed by atoms with E-state index in [4.69, 9.17) is 5.73 Å². The molecule has 3 nitrogen and oxygen atoms in total. The van der Waals surface area contributed by atoms with Gasteiger partial charge in [0.05, 0.1) is 6.04 Å². The first-order valence-corrected chi connectivity index (χ1v) is 6.26. The van der Waals surface area contributed by atoms with E-state index < -0.39 is 0 Å². The predicted octanol–water partition coefficient (Wildman–Crippen LogP) is 2.99. The van der Waals surface area contributed by atoms with Crippen molar-refractivity contribution in [3.63, 3.8) is 0 Å². The van der Waals surface area contributed by atoms with Crippen LogP contribution < -0.4 is 5.73 Å². The highest BCUT2D eigenvalue weighted by atomic mass is 14.7. The molecule has 0 fully saturated rings. The Hall–Kier alpha value is -2.26. The maximum absolute atomic E-state index is 6.38. The highest BCUT2D eigenvalue weighted by Gasteiger charge is 2.12. The van der Waals surface area contributed by atoms with Crippen molar-refractivity contribution in [2.45, 2.75) is 13.0 Å². The van der Waals surface area contributed by atoms with Gasteiger partial charge in [0, 0.05) is 29.7 Å². The van der Waals surface area contributed by atoms with Crippen LogP contribution in [0.3, 0.4) is 0 Å². The van der Waals surface area contributed by atoms with Gasteiger partial charge in [-0.2, -0.15) is 0 Å². The zero-order chi connectivity index (χ0) is 13.2. The molecule has 0 radical (unpaired) electrons. The van der Waals surface area contributed by atoms with Crippen LogP contribution in [-0.2, 0) is 0 Å². The van der Waals surface area contributed by atoms with Gasteiger partial charge in [-0.1, -0.05) is 24.3 Å². The predicted molar refractivity (Wildman–Crippen MR) is 76.7 cm³/mol. The number of fused-ring (bicyclic) bond motifs is 1. The molecular weight excluding hydrogens is 234 g/mol. The van der Waals surface area contributed by atoms with Crippen molar-refractivity contribution >= 4 is 10.8 Å². The lowest BCUT2D eigenvalue weighted by atomic mass is 9.97. The number of aryl methyl sites for hydroxylation is 1. The third-order valence-electron chi connectivity index (χ3n) is 3.31. The Labute approximate surface area is 112 Å². The first-order chi connectivity index (χ1) is 9.25. The summed E-state index contributed by atoms with van der Waals surface area (Å²) in [6, 6.07) is 12.0. The van der Waals surface area contributed by atoms with Crippen LogP contribution in [-0.4, -0.2) is 9.97 Å². The molecule has 3 aromatic rings. The Balaban J connectivity index is 2.14. The van der Waals surface area contributed by atoms with Crippen molar-refractivity contribution in [3.8, 4) is 0 Å². The van der Waals surface area contributed by atoms with Crippen LogP contribution in [0.4, 0.5) is 0 Å². The van der Waals surface area contributed by atoms with Crippen LogP contribution in [0.1, 0.15) is 22.9 Å². The average Bonchev–Trinajstić information content (AvgIpc) is 2.46. The number of nitrogens with two attached hydrogens (primary N) is 1. The summed E-state index contributed by atoms with van der Waals surface area (Å²) < 4.78 is 0. The normalized spacial score (nSPS) is 12.5. The van der Waals surface area contributed by atoms with E-state index in [1.165, 1.54) is 0 Å². The third kappa shape index (κ3) is 2.20. The average molecular weight is 249 g/mol. The zero-order valence-electron chi connectivity index (χ0n) is 10.7. The summed E-state index contributed by atoms with van der Waals surface area (Å²) in [6.07, 6.45) is 5.51. The van der Waals surface area contributed by atoms with Crippen LogP contribution in [0.15, 0.2) is 55.0 Å². The Kier molecular flexibility index (Phi) is 2.97. The van der Waals surface area contributed by atoms with Crippen molar-refractivity contribution < 1.29 is 0 Å². The number of aromatic nitrogens is 2. The first-order valence-electron chi connectivity index (χ1n) is 6.26. The van der Waals surface area contributed by atoms with E-state index in [-0.39, 0.29) is 6.04 Å². The molecule has 3 heteroatoms. The molecular formula is C16H15N3. The maximum atomic E-state index is 6.38. The van der Waals surface area contributed by atoms with E-state index in [1.54, 1.807) is 6.20 Å². The molecule has 2 aromatic heterocycles. The summed E-state index contributed by atoms with van der Waals surface area (Å²) in [6.45, 7) is 1.97. The number of hydrogen-bond donors (Lipinski definition) is 1. The van der Waals surface area contributed by atoms with E-state index >= 15 is 0 Å². The lowest BCUT2D eigenvalue weighted by Crippen LogP contribution is -2.13. The van der Waals surface area contributed by atoms with Gasteiger partial charge in [0.1, 0.15) is 0 Å². The van der Waals surface area contributed by atoms with Crippen LogP contribution in [0.5, 0.6) is 0 Å². The minimum Gasteiger partial charge on any atom is -0.320 e. The second-order valence-corrected chi connectivity index (χ2v) is 4.66. The summed E-state index contributed by atoms with van der Waals surface area (Å²) in [5, 5.41) is 2.26. The van der Waals surface area contributed by atoms with Crippen LogP contribution in [0, 0.1) is 6.92 Å². The summed E-state index contributed by atoms with van der Waals surface area (Å²) in [7, 11) is 0. The van der Waals surface area contributed by atoms with Crippen molar-refractivity contribution in [2.75, 3.05) is 0 Å². The molecule has 0 bridgehead atoms. The molecule has 1 atom stereocenters. The smallest absolute Gasteiger partial charge is 0.0574 e. The Morgan fingerprint density at radius 3 is 2.79 bits per heavy atom. The standard InChI is InChI=1S/C16H15N3/c1-11-8-12(6-7-19-11)16(17)15-10-18-9-13-4-2-3-5-14(13)15/h2-10,16H,17H2,1H3. The topological polar surface area (TPSA) is 51.8 Å². The van der Waals surface area contributed by atoms with E-state index in [2.05, 4.69) is 22.1 Å². The minimum atomic E-state index is -0.180. The monoisotopic (exact) mass is 249 g/mol. The highest BCUT2D eigenvalue weighted by Crippen LogP contribution is 2.26. The van der Waals surface area contributed by atoms with E-state index in [0.29, 0.717) is 0 Å². The lowest BCUT2D eigenvalue weighted by Gasteiger charge is -2.15. The SMILES string of the molecule is Cc1cc(C(N)c2cncc3ccccc23)ccn1. The van der Waals surface area contributed by atoms with Crippen LogP contribution in [0.2, 0.25) is 0 Å². The molecule has 0 aliphatic rings. The van der Waals surface area contributed by atoms with Gasteiger partial charge in [0.15, 0.2) is 0 Å². The molecule has 3 rings (SSSR count). The first kappa shape index (κ1) is 11.8. The molecule has 0 aliphatic heterocycles. The number of benzene rings is 1. The molecule has 2 N–H and O–H groups in total. The number of pyridine rings is 2. The van der Waals surface area contributed by atoms with Gasteiger partial charge >= 0.3 is 0 Å². The summed E-state index contributed by atoms with van der Waals surface area (Å²) in [5.74, 6) is 0. The summed E-state index contributed by atoms with van der Waals surface area (Å²) >= 11 is 0. The van der Waals surface area contributed by atoms with Gasteiger partial charge in [0.2, 0.25) is 0 Å². The minimum absolute atomic E-state index is 0.180. The number of rotatable bonds is 2. The van der Waals surface area contributed by atoms with Crippen molar-refractivity contribution in [1.82, 2.24) is 9.97 Å². The Bertz CT molecular complexity index is 717. The molecule has 2 heterocycles. The maximum Gasteiger partial charge on any atom is 0.0574 e.